The number of amides is 1. The smallest absolute Gasteiger partial charge is 0.343 e. The van der Waals surface area contributed by atoms with Gasteiger partial charge in [0.05, 0.1) is 11.9 Å². The lowest BCUT2D eigenvalue weighted by Gasteiger charge is -2.07. The van der Waals surface area contributed by atoms with Gasteiger partial charge >= 0.3 is 5.97 Å². The monoisotopic (exact) mass is 381 g/mol. The minimum atomic E-state index is -0.832. The SMILES string of the molecule is C#CCOC(=O)c1cnn(-c2cc(Cl)cc(Br)c2)c1C(N)=O. The molecule has 0 aliphatic heterocycles. The highest BCUT2D eigenvalue weighted by Crippen LogP contribution is 2.24. The third kappa shape index (κ3) is 3.30. The Bertz CT molecular complexity index is 775. The Labute approximate surface area is 139 Å². The van der Waals surface area contributed by atoms with E-state index in [0.717, 1.165) is 0 Å². The van der Waals surface area contributed by atoms with Gasteiger partial charge in [-0.3, -0.25) is 4.79 Å². The number of nitrogens with two attached hydrogens (primary N) is 1. The van der Waals surface area contributed by atoms with Gasteiger partial charge in [0, 0.05) is 9.50 Å². The first kappa shape index (κ1) is 16.1. The van der Waals surface area contributed by atoms with Crippen LogP contribution in [0.2, 0.25) is 5.02 Å². The number of hydrogen-bond acceptors (Lipinski definition) is 4. The van der Waals surface area contributed by atoms with E-state index in [1.165, 1.54) is 10.9 Å². The zero-order valence-electron chi connectivity index (χ0n) is 11.0. The van der Waals surface area contributed by atoms with Crippen molar-refractivity contribution in [2.75, 3.05) is 6.61 Å². The highest BCUT2D eigenvalue weighted by Gasteiger charge is 2.23. The van der Waals surface area contributed by atoms with Gasteiger partial charge in [0.15, 0.2) is 6.61 Å². The van der Waals surface area contributed by atoms with Crippen LogP contribution >= 0.6 is 27.5 Å². The molecule has 8 heteroatoms. The van der Waals surface area contributed by atoms with Crippen molar-refractivity contribution in [1.29, 1.82) is 0 Å². The number of rotatable bonds is 4. The predicted octanol–water partition coefficient (Wildman–Crippen LogP) is 2.18. The van der Waals surface area contributed by atoms with Crippen molar-refractivity contribution in [2.45, 2.75) is 0 Å². The first-order valence-corrected chi connectivity index (χ1v) is 7.06. The molecule has 0 unspecified atom stereocenters. The van der Waals surface area contributed by atoms with Gasteiger partial charge in [-0.05, 0) is 18.2 Å². The van der Waals surface area contributed by atoms with Gasteiger partial charge in [0.25, 0.3) is 5.91 Å². The molecule has 0 aliphatic rings. The van der Waals surface area contributed by atoms with Crippen molar-refractivity contribution in [2.24, 2.45) is 5.73 Å². The standard InChI is InChI=1S/C14H9BrClN3O3/c1-2-3-22-14(21)11-7-18-19(12(11)13(17)20)10-5-8(15)4-9(16)6-10/h1,4-7H,3H2,(H2,17,20). The zero-order chi connectivity index (χ0) is 16.3. The maximum atomic E-state index is 11.9. The molecule has 0 spiro atoms. The minimum absolute atomic E-state index is 0.0705. The van der Waals surface area contributed by atoms with E-state index in [1.807, 2.05) is 0 Å². The Morgan fingerprint density at radius 1 is 1.45 bits per heavy atom. The number of esters is 1. The minimum Gasteiger partial charge on any atom is -0.449 e. The third-order valence-electron chi connectivity index (χ3n) is 2.60. The predicted molar refractivity (Wildman–Crippen MR) is 83.9 cm³/mol. The van der Waals surface area contributed by atoms with Gasteiger partial charge in [-0.15, -0.1) is 6.42 Å². The van der Waals surface area contributed by atoms with Crippen molar-refractivity contribution in [3.8, 4) is 18.0 Å². The van der Waals surface area contributed by atoms with E-state index in [4.69, 9.17) is 28.5 Å². The fourth-order valence-corrected chi connectivity index (χ4v) is 2.62. The summed E-state index contributed by atoms with van der Waals surface area (Å²) in [5, 5.41) is 4.43. The summed E-state index contributed by atoms with van der Waals surface area (Å²) in [6.07, 6.45) is 6.21. The molecule has 2 rings (SSSR count). The second-order valence-electron chi connectivity index (χ2n) is 4.09. The van der Waals surface area contributed by atoms with Crippen molar-refractivity contribution >= 4 is 39.4 Å². The summed E-state index contributed by atoms with van der Waals surface area (Å²) >= 11 is 9.26. The number of carbonyl (C=O) groups is 2. The number of nitrogens with zero attached hydrogens (tertiary/aromatic N) is 2. The van der Waals surface area contributed by atoms with Crippen LogP contribution in [0.4, 0.5) is 0 Å². The van der Waals surface area contributed by atoms with Crippen LogP contribution in [0.15, 0.2) is 28.9 Å². The van der Waals surface area contributed by atoms with Crippen LogP contribution in [-0.2, 0) is 4.74 Å². The molecule has 1 aromatic heterocycles. The number of carbonyl (C=O) groups excluding carboxylic acids is 2. The topological polar surface area (TPSA) is 87.2 Å². The average molecular weight is 383 g/mol. The molecule has 0 fully saturated rings. The molecule has 1 aromatic carbocycles. The van der Waals surface area contributed by atoms with Crippen LogP contribution < -0.4 is 5.73 Å². The lowest BCUT2D eigenvalue weighted by Crippen LogP contribution is -2.21. The molecule has 6 nitrogen and oxygen atoms in total. The van der Waals surface area contributed by atoms with Crippen LogP contribution in [0.3, 0.4) is 0 Å². The summed E-state index contributed by atoms with van der Waals surface area (Å²) < 4.78 is 6.69. The van der Waals surface area contributed by atoms with E-state index >= 15 is 0 Å². The molecule has 2 N–H and O–H groups in total. The molecule has 22 heavy (non-hydrogen) atoms. The molecule has 0 radical (unpaired) electrons. The molecule has 2 aromatic rings. The van der Waals surface area contributed by atoms with Crippen LogP contribution in [0.25, 0.3) is 5.69 Å². The van der Waals surface area contributed by atoms with Gasteiger partial charge in [-0.1, -0.05) is 33.5 Å². The second-order valence-corrected chi connectivity index (χ2v) is 5.44. The van der Waals surface area contributed by atoms with Crippen molar-refractivity contribution in [3.63, 3.8) is 0 Å². The molecule has 0 saturated heterocycles. The van der Waals surface area contributed by atoms with E-state index in [1.54, 1.807) is 18.2 Å². The molecule has 0 aliphatic carbocycles. The molecular formula is C14H9BrClN3O3. The number of hydrogen-bond donors (Lipinski definition) is 1. The normalized spacial score (nSPS) is 10.0. The number of primary amides is 1. The summed E-state index contributed by atoms with van der Waals surface area (Å²) in [5.41, 5.74) is 5.62. The Morgan fingerprint density at radius 2 is 2.18 bits per heavy atom. The molecular weight excluding hydrogens is 374 g/mol. The maximum Gasteiger partial charge on any atom is 0.343 e. The fraction of sp³-hybridized carbons (Fsp3) is 0.0714. The number of terminal acetylenes is 1. The second kappa shape index (κ2) is 6.64. The Morgan fingerprint density at radius 3 is 2.77 bits per heavy atom. The Hall–Kier alpha value is -2.30. The van der Waals surface area contributed by atoms with Crippen molar-refractivity contribution in [3.05, 3.63) is 45.1 Å². The van der Waals surface area contributed by atoms with Crippen LogP contribution in [-0.4, -0.2) is 28.3 Å². The number of ether oxygens (including phenoxy) is 1. The van der Waals surface area contributed by atoms with Gasteiger partial charge in [-0.2, -0.15) is 5.10 Å². The quantitative estimate of drug-likeness (QED) is 0.648. The van der Waals surface area contributed by atoms with Crippen LogP contribution in [0.1, 0.15) is 20.8 Å². The van der Waals surface area contributed by atoms with E-state index in [0.29, 0.717) is 15.2 Å². The van der Waals surface area contributed by atoms with E-state index in [9.17, 15) is 9.59 Å². The van der Waals surface area contributed by atoms with E-state index < -0.39 is 11.9 Å². The zero-order valence-corrected chi connectivity index (χ0v) is 13.4. The lowest BCUT2D eigenvalue weighted by atomic mass is 10.2. The first-order chi connectivity index (χ1) is 10.4. The van der Waals surface area contributed by atoms with Gasteiger partial charge in [0.2, 0.25) is 0 Å². The van der Waals surface area contributed by atoms with Crippen molar-refractivity contribution in [1.82, 2.24) is 9.78 Å². The fourth-order valence-electron chi connectivity index (χ4n) is 1.78. The average Bonchev–Trinajstić information content (AvgIpc) is 2.88. The molecule has 0 atom stereocenters. The maximum absolute atomic E-state index is 11.9. The molecule has 1 amide bonds. The number of benzene rings is 1. The molecule has 1 heterocycles. The Kier molecular flexibility index (Phi) is 4.85. The van der Waals surface area contributed by atoms with E-state index in [2.05, 4.69) is 26.9 Å². The van der Waals surface area contributed by atoms with Gasteiger partial charge in [0.1, 0.15) is 11.3 Å². The van der Waals surface area contributed by atoms with E-state index in [-0.39, 0.29) is 17.9 Å². The summed E-state index contributed by atoms with van der Waals surface area (Å²) in [6, 6.07) is 4.91. The van der Waals surface area contributed by atoms with Crippen molar-refractivity contribution < 1.29 is 14.3 Å². The third-order valence-corrected chi connectivity index (χ3v) is 3.28. The first-order valence-electron chi connectivity index (χ1n) is 5.89. The highest BCUT2D eigenvalue weighted by atomic mass is 79.9. The molecule has 0 bridgehead atoms. The van der Waals surface area contributed by atoms with Gasteiger partial charge in [-0.25, -0.2) is 9.48 Å². The van der Waals surface area contributed by atoms with Crippen LogP contribution in [0.5, 0.6) is 0 Å². The number of halogens is 2. The summed E-state index contributed by atoms with van der Waals surface area (Å²) in [6.45, 7) is -0.217. The Balaban J connectivity index is 2.54. The summed E-state index contributed by atoms with van der Waals surface area (Å²) in [4.78, 5) is 23.6. The molecule has 112 valence electrons. The lowest BCUT2D eigenvalue weighted by molar-refractivity contribution is 0.0553. The van der Waals surface area contributed by atoms with Crippen LogP contribution in [0, 0.1) is 12.3 Å². The molecule has 0 saturated carbocycles. The highest BCUT2D eigenvalue weighted by molar-refractivity contribution is 9.10. The number of aromatic nitrogens is 2. The summed E-state index contributed by atoms with van der Waals surface area (Å²) in [5.74, 6) is 0.550. The largest absolute Gasteiger partial charge is 0.449 e. The van der Waals surface area contributed by atoms with Gasteiger partial charge < -0.3 is 10.5 Å². The summed E-state index contributed by atoms with van der Waals surface area (Å²) in [7, 11) is 0.